The number of ketones is 2. The number of allylic oxidation sites excluding steroid dienone is 2. The van der Waals surface area contributed by atoms with Gasteiger partial charge in [-0.15, -0.1) is 0 Å². The van der Waals surface area contributed by atoms with Gasteiger partial charge in [0.1, 0.15) is 0 Å². The maximum Gasteiger partial charge on any atom is 0.364 e. The highest BCUT2D eigenvalue weighted by molar-refractivity contribution is 8.21. The number of nitrogens with zero attached hydrogens (tertiary/aromatic N) is 4. The molecule has 172 valence electrons. The van der Waals surface area contributed by atoms with E-state index in [0.29, 0.717) is 0 Å². The van der Waals surface area contributed by atoms with Crippen LogP contribution in [0.4, 0.5) is 0 Å². The van der Waals surface area contributed by atoms with Crippen molar-refractivity contribution in [2.75, 3.05) is 0 Å². The Kier molecular flexibility index (Phi) is 6.94. The molecule has 4 rings (SSSR count). The van der Waals surface area contributed by atoms with Gasteiger partial charge in [0.15, 0.2) is 0 Å². The molecule has 34 heavy (non-hydrogen) atoms. The second kappa shape index (κ2) is 9.40. The van der Waals surface area contributed by atoms with Crippen LogP contribution in [-0.2, 0) is 18.1 Å². The Morgan fingerprint density at radius 3 is 1.79 bits per heavy atom. The van der Waals surface area contributed by atoms with Crippen molar-refractivity contribution in [1.29, 1.82) is 0 Å². The van der Waals surface area contributed by atoms with E-state index in [9.17, 15) is 26.4 Å². The van der Waals surface area contributed by atoms with Crippen molar-refractivity contribution in [2.24, 2.45) is 0 Å². The van der Waals surface area contributed by atoms with E-state index in [4.69, 9.17) is 32.4 Å². The van der Waals surface area contributed by atoms with Gasteiger partial charge in [-0.3, -0.25) is 9.59 Å². The van der Waals surface area contributed by atoms with Crippen LogP contribution in [0.5, 0.6) is 0 Å². The van der Waals surface area contributed by atoms with E-state index in [0.717, 1.165) is 6.08 Å². The number of Topliss-reactive ketones (excluding diaryl/α,β-unsaturated/α-hetero) is 2. The van der Waals surface area contributed by atoms with Crippen LogP contribution in [0.15, 0.2) is 59.5 Å². The van der Waals surface area contributed by atoms with Gasteiger partial charge in [-0.05, 0) is 12.1 Å². The summed E-state index contributed by atoms with van der Waals surface area (Å²) in [5.74, 6) is -1.10. The molecule has 0 spiro atoms. The van der Waals surface area contributed by atoms with E-state index in [-0.39, 0.29) is 43.5 Å². The summed E-state index contributed by atoms with van der Waals surface area (Å²) in [6.45, 7) is 0. The topological polar surface area (TPSA) is 175 Å². The standard InChI is InChI=1S/2C10H5ClN2O3S/c11-17(15,16)9-3-1-2-7-6(9)4-5-8(13-12)10(7)14;11-17(15,16)9-5-8(13-12)10(14)7-4-2-1-3-6(7)9/h2*1-5H. The Morgan fingerprint density at radius 2 is 1.24 bits per heavy atom. The van der Waals surface area contributed by atoms with Gasteiger partial charge >= 0.3 is 11.4 Å². The molecule has 2 aromatic rings. The maximum atomic E-state index is 11.7. The van der Waals surface area contributed by atoms with Crippen molar-refractivity contribution < 1.29 is 36.0 Å². The molecule has 0 aliphatic heterocycles. The summed E-state index contributed by atoms with van der Waals surface area (Å²) < 4.78 is 45.3. The smallest absolute Gasteiger partial charge is 0.361 e. The zero-order chi connectivity index (χ0) is 25.3. The summed E-state index contributed by atoms with van der Waals surface area (Å²) in [5.41, 5.74) is 17.4. The lowest BCUT2D eigenvalue weighted by atomic mass is 9.95. The minimum Gasteiger partial charge on any atom is -0.361 e. The summed E-state index contributed by atoms with van der Waals surface area (Å²) in [6, 6.07) is 10.2. The molecule has 0 amide bonds. The Balaban J connectivity index is 0.000000191. The molecule has 2 aliphatic rings. The van der Waals surface area contributed by atoms with Gasteiger partial charge in [0, 0.05) is 49.7 Å². The lowest BCUT2D eigenvalue weighted by Crippen LogP contribution is -2.21. The number of rotatable bonds is 2. The molecule has 14 heteroatoms. The average molecular weight is 537 g/mol. The van der Waals surface area contributed by atoms with Crippen LogP contribution < -0.4 is 0 Å². The molecular weight excluding hydrogens is 527 g/mol. The highest BCUT2D eigenvalue weighted by Gasteiger charge is 2.34. The normalized spacial score (nSPS) is 14.7. The summed E-state index contributed by atoms with van der Waals surface area (Å²) in [7, 11) is 2.58. The fourth-order valence-electron chi connectivity index (χ4n) is 3.16. The van der Waals surface area contributed by atoms with E-state index >= 15 is 0 Å². The molecule has 0 fully saturated rings. The first-order valence-electron chi connectivity index (χ1n) is 8.95. The SMILES string of the molecule is [N-]=[N+]=C1C=C(S(=O)(=O)Cl)c2ccccc2C1=O.[N-]=[N+]=C1C=Cc2c(cccc2S(=O)(=O)Cl)C1=O. The van der Waals surface area contributed by atoms with Crippen LogP contribution >= 0.6 is 21.4 Å². The predicted octanol–water partition coefficient (Wildman–Crippen LogP) is 2.96. The zero-order valence-corrected chi connectivity index (χ0v) is 19.7. The first-order chi connectivity index (χ1) is 15.9. The molecule has 10 nitrogen and oxygen atoms in total. The number of carbonyl (C=O) groups is 2. The highest BCUT2D eigenvalue weighted by Crippen LogP contribution is 2.31. The molecular formula is C20H10Cl2N4O6S2. The number of benzene rings is 2. The van der Waals surface area contributed by atoms with Gasteiger partial charge in [0.25, 0.3) is 29.7 Å². The lowest BCUT2D eigenvalue weighted by Gasteiger charge is -2.11. The maximum absolute atomic E-state index is 11.7. The average Bonchev–Trinajstić information content (AvgIpc) is 2.78. The Bertz CT molecular complexity index is 1650. The Hall–Kier alpha value is -3.50. The van der Waals surface area contributed by atoms with Gasteiger partial charge in [-0.25, -0.2) is 16.8 Å². The van der Waals surface area contributed by atoms with Crippen LogP contribution in [0.25, 0.3) is 22.0 Å². The van der Waals surface area contributed by atoms with Crippen molar-refractivity contribution >= 4 is 73.4 Å². The minimum absolute atomic E-state index is 0.141. The van der Waals surface area contributed by atoms with Crippen molar-refractivity contribution in [1.82, 2.24) is 0 Å². The van der Waals surface area contributed by atoms with Gasteiger partial charge in [-0.1, -0.05) is 36.4 Å². The van der Waals surface area contributed by atoms with Crippen molar-refractivity contribution in [3.8, 4) is 0 Å². The van der Waals surface area contributed by atoms with Crippen LogP contribution in [0, 0.1) is 0 Å². The quantitative estimate of drug-likeness (QED) is 0.323. The number of carbonyl (C=O) groups excluding carboxylic acids is 2. The summed E-state index contributed by atoms with van der Waals surface area (Å²) in [5, 5.41) is 0. The highest BCUT2D eigenvalue weighted by atomic mass is 35.7. The first-order valence-corrected chi connectivity index (χ1v) is 13.6. The fraction of sp³-hybridized carbons (Fsp3) is 0. The minimum atomic E-state index is -4.02. The predicted molar refractivity (Wildman–Crippen MR) is 124 cm³/mol. The first kappa shape index (κ1) is 25.1. The third-order valence-corrected chi connectivity index (χ3v) is 7.37. The van der Waals surface area contributed by atoms with Gasteiger partial charge < -0.3 is 11.1 Å². The summed E-state index contributed by atoms with van der Waals surface area (Å²) in [4.78, 5) is 28.7. The molecule has 2 aliphatic carbocycles. The van der Waals surface area contributed by atoms with Gasteiger partial charge in [-0.2, -0.15) is 9.58 Å². The summed E-state index contributed by atoms with van der Waals surface area (Å²) >= 11 is 0. The van der Waals surface area contributed by atoms with Crippen molar-refractivity contribution in [3.05, 3.63) is 87.9 Å². The summed E-state index contributed by atoms with van der Waals surface area (Å²) in [6.07, 6.45) is 3.56. The number of hydrogen-bond donors (Lipinski definition) is 0. The van der Waals surface area contributed by atoms with Crippen LogP contribution in [0.1, 0.15) is 31.8 Å². The molecule has 0 aromatic heterocycles. The number of fused-ring (bicyclic) bond motifs is 2. The second-order valence-corrected chi connectivity index (χ2v) is 11.7. The zero-order valence-electron chi connectivity index (χ0n) is 16.6. The van der Waals surface area contributed by atoms with Crippen LogP contribution in [-0.4, -0.2) is 49.4 Å². The third kappa shape index (κ3) is 4.87. The molecule has 0 heterocycles. The van der Waals surface area contributed by atoms with Crippen LogP contribution in [0.2, 0.25) is 0 Å². The van der Waals surface area contributed by atoms with E-state index in [1.165, 1.54) is 42.5 Å². The molecule has 0 unspecified atom stereocenters. The Morgan fingerprint density at radius 1 is 0.676 bits per heavy atom. The van der Waals surface area contributed by atoms with E-state index < -0.39 is 29.7 Å². The molecule has 0 saturated heterocycles. The monoisotopic (exact) mass is 536 g/mol. The van der Waals surface area contributed by atoms with E-state index in [1.54, 1.807) is 12.1 Å². The van der Waals surface area contributed by atoms with E-state index in [2.05, 4.69) is 9.58 Å². The van der Waals surface area contributed by atoms with Crippen LogP contribution in [0.3, 0.4) is 0 Å². The molecule has 0 bridgehead atoms. The third-order valence-electron chi connectivity index (χ3n) is 4.63. The molecule has 0 saturated carbocycles. The number of halogens is 2. The largest absolute Gasteiger partial charge is 0.364 e. The van der Waals surface area contributed by atoms with E-state index in [1.807, 2.05) is 0 Å². The molecule has 0 N–H and O–H groups in total. The second-order valence-electron chi connectivity index (χ2n) is 6.61. The number of hydrogen-bond acceptors (Lipinski definition) is 6. The van der Waals surface area contributed by atoms with Crippen molar-refractivity contribution in [3.63, 3.8) is 0 Å². The molecule has 0 radical (unpaired) electrons. The van der Waals surface area contributed by atoms with Crippen molar-refractivity contribution in [2.45, 2.75) is 4.90 Å². The van der Waals surface area contributed by atoms with Gasteiger partial charge in [0.2, 0.25) is 0 Å². The van der Waals surface area contributed by atoms with Gasteiger partial charge in [0.05, 0.1) is 15.9 Å². The Labute approximate surface area is 201 Å². The molecule has 0 atom stereocenters. The fourth-order valence-corrected chi connectivity index (χ4v) is 5.32. The molecule has 2 aromatic carbocycles. The lowest BCUT2D eigenvalue weighted by molar-refractivity contribution is -0.00459.